The van der Waals surface area contributed by atoms with Crippen LogP contribution in [0.15, 0.2) is 47.5 Å². The normalized spacial score (nSPS) is 15.3. The fourth-order valence-corrected chi connectivity index (χ4v) is 5.08. The van der Waals surface area contributed by atoms with Crippen LogP contribution in [0.1, 0.15) is 58.5 Å². The second kappa shape index (κ2) is 9.08. The Morgan fingerprint density at radius 2 is 1.72 bits per heavy atom. The van der Waals surface area contributed by atoms with Crippen molar-refractivity contribution in [1.29, 1.82) is 0 Å². The van der Waals surface area contributed by atoms with E-state index in [2.05, 4.69) is 4.99 Å². The van der Waals surface area contributed by atoms with E-state index in [0.29, 0.717) is 27.9 Å². The highest BCUT2D eigenvalue weighted by Crippen LogP contribution is 2.25. The lowest BCUT2D eigenvalue weighted by Gasteiger charge is -2.16. The SMILES string of the molecule is CCC(C(=O)O)n1c(=NC(=O)c2ccc(C)cc2)sc2cc(C(=O)N3CCCC3)ccc21. The molecule has 0 saturated carbocycles. The molecular formula is C24H25N3O4S. The predicted molar refractivity (Wildman–Crippen MR) is 123 cm³/mol. The Labute approximate surface area is 189 Å². The van der Waals surface area contributed by atoms with Gasteiger partial charge in [0.1, 0.15) is 6.04 Å². The maximum absolute atomic E-state index is 12.8. The van der Waals surface area contributed by atoms with Gasteiger partial charge in [0.05, 0.1) is 10.2 Å². The minimum absolute atomic E-state index is 0.0242. The lowest BCUT2D eigenvalue weighted by molar-refractivity contribution is -0.140. The molecule has 166 valence electrons. The average molecular weight is 452 g/mol. The second-order valence-electron chi connectivity index (χ2n) is 7.98. The van der Waals surface area contributed by atoms with Crippen molar-refractivity contribution in [2.45, 2.75) is 39.2 Å². The molecule has 1 atom stereocenters. The van der Waals surface area contributed by atoms with Gasteiger partial charge in [-0.1, -0.05) is 36.0 Å². The zero-order valence-electron chi connectivity index (χ0n) is 18.1. The van der Waals surface area contributed by atoms with Crippen LogP contribution >= 0.6 is 11.3 Å². The summed E-state index contributed by atoms with van der Waals surface area (Å²) in [5.41, 5.74) is 2.68. The van der Waals surface area contributed by atoms with Gasteiger partial charge in [0.15, 0.2) is 4.80 Å². The number of fused-ring (bicyclic) bond motifs is 1. The molecule has 2 heterocycles. The Hall–Kier alpha value is -3.26. The van der Waals surface area contributed by atoms with Gasteiger partial charge in [-0.15, -0.1) is 0 Å². The molecule has 1 fully saturated rings. The summed E-state index contributed by atoms with van der Waals surface area (Å²) in [5.74, 6) is -1.45. The van der Waals surface area contributed by atoms with E-state index in [9.17, 15) is 19.5 Å². The third kappa shape index (κ3) is 4.23. The van der Waals surface area contributed by atoms with Crippen LogP contribution < -0.4 is 4.80 Å². The Kier molecular flexibility index (Phi) is 6.23. The van der Waals surface area contributed by atoms with Crippen LogP contribution in [-0.2, 0) is 4.79 Å². The zero-order valence-corrected chi connectivity index (χ0v) is 18.9. The molecule has 1 N–H and O–H groups in total. The molecule has 8 heteroatoms. The Bertz CT molecular complexity index is 1250. The first-order chi connectivity index (χ1) is 15.4. The lowest BCUT2D eigenvalue weighted by Crippen LogP contribution is -2.28. The molecule has 1 unspecified atom stereocenters. The number of thiazole rings is 1. The molecule has 2 aromatic carbocycles. The molecule has 0 radical (unpaired) electrons. The number of carboxylic acids is 1. The number of aliphatic carboxylic acids is 1. The van der Waals surface area contributed by atoms with E-state index in [1.54, 1.807) is 41.8 Å². The summed E-state index contributed by atoms with van der Waals surface area (Å²) in [6.07, 6.45) is 2.35. The van der Waals surface area contributed by atoms with Crippen LogP contribution in [0.25, 0.3) is 10.2 Å². The number of benzene rings is 2. The lowest BCUT2D eigenvalue weighted by atomic mass is 10.1. The third-order valence-corrected chi connectivity index (χ3v) is 6.76. The Balaban J connectivity index is 1.84. The first kappa shape index (κ1) is 22.0. The molecule has 3 aromatic rings. The number of hydrogen-bond donors (Lipinski definition) is 1. The van der Waals surface area contributed by atoms with Crippen LogP contribution in [0.2, 0.25) is 0 Å². The summed E-state index contributed by atoms with van der Waals surface area (Å²) >= 11 is 1.23. The minimum atomic E-state index is -0.992. The number of likely N-dealkylation sites (tertiary alicyclic amines) is 1. The van der Waals surface area contributed by atoms with Crippen molar-refractivity contribution >= 4 is 39.3 Å². The largest absolute Gasteiger partial charge is 0.480 e. The summed E-state index contributed by atoms with van der Waals surface area (Å²) < 4.78 is 2.32. The van der Waals surface area contributed by atoms with Crippen molar-refractivity contribution in [1.82, 2.24) is 9.47 Å². The molecule has 32 heavy (non-hydrogen) atoms. The quantitative estimate of drug-likeness (QED) is 0.634. The standard InChI is InChI=1S/C24H25N3O4S/c1-3-18(23(30)31)27-19-11-10-17(22(29)26-12-4-5-13-26)14-20(19)32-24(27)25-21(28)16-8-6-15(2)7-9-16/h6-11,14,18H,3-5,12-13H2,1-2H3,(H,30,31). The van der Waals surface area contributed by atoms with Crippen LogP contribution in [-0.4, -0.2) is 45.4 Å². The van der Waals surface area contributed by atoms with Crippen LogP contribution in [0, 0.1) is 6.92 Å². The first-order valence-electron chi connectivity index (χ1n) is 10.7. The van der Waals surface area contributed by atoms with E-state index in [1.165, 1.54) is 11.3 Å². The van der Waals surface area contributed by atoms with Crippen molar-refractivity contribution < 1.29 is 19.5 Å². The number of carbonyl (C=O) groups excluding carboxylic acids is 2. The molecule has 0 aliphatic carbocycles. The average Bonchev–Trinajstić information content (AvgIpc) is 3.42. The molecule has 4 rings (SSSR count). The van der Waals surface area contributed by atoms with Gasteiger partial charge in [-0.05, 0) is 56.5 Å². The summed E-state index contributed by atoms with van der Waals surface area (Å²) in [7, 11) is 0. The van der Waals surface area contributed by atoms with Gasteiger partial charge in [-0.25, -0.2) is 4.79 Å². The van der Waals surface area contributed by atoms with Gasteiger partial charge in [-0.2, -0.15) is 4.99 Å². The molecular weight excluding hydrogens is 426 g/mol. The van der Waals surface area contributed by atoms with E-state index in [1.807, 2.05) is 24.0 Å². The number of amides is 2. The molecule has 7 nitrogen and oxygen atoms in total. The maximum Gasteiger partial charge on any atom is 0.326 e. The van der Waals surface area contributed by atoms with E-state index in [-0.39, 0.29) is 5.91 Å². The molecule has 1 aliphatic heterocycles. The van der Waals surface area contributed by atoms with Crippen LogP contribution in [0.5, 0.6) is 0 Å². The number of aryl methyl sites for hydroxylation is 1. The monoisotopic (exact) mass is 451 g/mol. The highest BCUT2D eigenvalue weighted by atomic mass is 32.1. The molecule has 1 saturated heterocycles. The van der Waals surface area contributed by atoms with Gasteiger partial charge in [0.2, 0.25) is 0 Å². The van der Waals surface area contributed by atoms with Gasteiger partial charge < -0.3 is 14.6 Å². The van der Waals surface area contributed by atoms with E-state index < -0.39 is 17.9 Å². The van der Waals surface area contributed by atoms with Crippen LogP contribution in [0.3, 0.4) is 0 Å². The number of carboxylic acid groups (broad SMARTS) is 1. The molecule has 0 bridgehead atoms. The van der Waals surface area contributed by atoms with Crippen molar-refractivity contribution in [3.05, 3.63) is 64.0 Å². The van der Waals surface area contributed by atoms with Gasteiger partial charge in [-0.3, -0.25) is 9.59 Å². The van der Waals surface area contributed by atoms with Gasteiger partial charge in [0.25, 0.3) is 11.8 Å². The fraction of sp³-hybridized carbons (Fsp3) is 0.333. The first-order valence-corrected chi connectivity index (χ1v) is 11.5. The smallest absolute Gasteiger partial charge is 0.326 e. The van der Waals surface area contributed by atoms with Crippen molar-refractivity contribution in [2.75, 3.05) is 13.1 Å². The zero-order chi connectivity index (χ0) is 22.8. The number of aromatic nitrogens is 1. The summed E-state index contributed by atoms with van der Waals surface area (Å²) in [5, 5.41) is 9.79. The topological polar surface area (TPSA) is 92.0 Å². The van der Waals surface area contributed by atoms with Gasteiger partial charge in [0, 0.05) is 24.2 Å². The molecule has 1 aliphatic rings. The van der Waals surface area contributed by atoms with Crippen molar-refractivity contribution in [3.63, 3.8) is 0 Å². The van der Waals surface area contributed by atoms with Crippen molar-refractivity contribution in [3.8, 4) is 0 Å². The molecule has 0 spiro atoms. The molecule has 2 amide bonds. The maximum atomic E-state index is 12.8. The second-order valence-corrected chi connectivity index (χ2v) is 8.99. The summed E-state index contributed by atoms with van der Waals surface area (Å²) in [4.78, 5) is 44.0. The van der Waals surface area contributed by atoms with Crippen LogP contribution in [0.4, 0.5) is 0 Å². The highest BCUT2D eigenvalue weighted by molar-refractivity contribution is 7.16. The minimum Gasteiger partial charge on any atom is -0.480 e. The highest BCUT2D eigenvalue weighted by Gasteiger charge is 2.24. The third-order valence-electron chi connectivity index (χ3n) is 5.75. The summed E-state index contributed by atoms with van der Waals surface area (Å²) in [6.45, 7) is 5.23. The van der Waals surface area contributed by atoms with E-state index in [0.717, 1.165) is 36.2 Å². The number of nitrogens with zero attached hydrogens (tertiary/aromatic N) is 3. The number of carbonyl (C=O) groups is 3. The van der Waals surface area contributed by atoms with E-state index in [4.69, 9.17) is 0 Å². The summed E-state index contributed by atoms with van der Waals surface area (Å²) in [6, 6.07) is 11.5. The van der Waals surface area contributed by atoms with Crippen molar-refractivity contribution in [2.24, 2.45) is 4.99 Å². The number of hydrogen-bond acceptors (Lipinski definition) is 4. The fourth-order valence-electron chi connectivity index (χ4n) is 3.97. The van der Waals surface area contributed by atoms with E-state index >= 15 is 0 Å². The van der Waals surface area contributed by atoms with Gasteiger partial charge >= 0.3 is 5.97 Å². The Morgan fingerprint density at radius 1 is 1.06 bits per heavy atom. The predicted octanol–water partition coefficient (Wildman–Crippen LogP) is 4.02. The Morgan fingerprint density at radius 3 is 2.34 bits per heavy atom. The number of rotatable bonds is 5. The molecule has 1 aromatic heterocycles.